The third-order valence-electron chi connectivity index (χ3n) is 3.04. The molecule has 0 radical (unpaired) electrons. The number of carbonyl (C=O) groups is 1. The molecule has 1 amide bonds. The van der Waals surface area contributed by atoms with Gasteiger partial charge in [0.25, 0.3) is 0 Å². The maximum absolute atomic E-state index is 11.8. The number of aliphatic hydroxyl groups excluding tert-OH is 1. The molecule has 2 N–H and O–H groups in total. The lowest BCUT2D eigenvalue weighted by atomic mass is 10.2. The second-order valence-corrected chi connectivity index (χ2v) is 5.07. The van der Waals surface area contributed by atoms with Crippen LogP contribution in [-0.2, 0) is 9.53 Å². The lowest BCUT2D eigenvalue weighted by molar-refractivity contribution is -0.116. The maximum atomic E-state index is 11.8. The summed E-state index contributed by atoms with van der Waals surface area (Å²) < 4.78 is 10.9. The molecule has 0 aliphatic carbocycles. The highest BCUT2D eigenvalue weighted by atomic mass is 16.5. The summed E-state index contributed by atoms with van der Waals surface area (Å²) in [7, 11) is 0. The van der Waals surface area contributed by atoms with Gasteiger partial charge in [0.15, 0.2) is 0 Å². The summed E-state index contributed by atoms with van der Waals surface area (Å²) in [5, 5.41) is 11.5. The Bertz CT molecular complexity index is 406. The van der Waals surface area contributed by atoms with Gasteiger partial charge >= 0.3 is 0 Å². The van der Waals surface area contributed by atoms with Crippen molar-refractivity contribution in [3.05, 3.63) is 24.3 Å². The molecule has 0 aliphatic heterocycles. The van der Waals surface area contributed by atoms with Crippen molar-refractivity contribution >= 4 is 11.6 Å². The molecular formula is C17H27NO4. The van der Waals surface area contributed by atoms with Gasteiger partial charge in [-0.15, -0.1) is 0 Å². The Morgan fingerprint density at radius 1 is 1.09 bits per heavy atom. The predicted molar refractivity (Wildman–Crippen MR) is 87.2 cm³/mol. The quantitative estimate of drug-likeness (QED) is 0.582. The van der Waals surface area contributed by atoms with Crippen molar-refractivity contribution in [2.45, 2.75) is 39.0 Å². The van der Waals surface area contributed by atoms with Gasteiger partial charge in [0.2, 0.25) is 5.91 Å². The number of hydrogen-bond acceptors (Lipinski definition) is 4. The number of hydrogen-bond donors (Lipinski definition) is 2. The van der Waals surface area contributed by atoms with E-state index in [-0.39, 0.29) is 12.5 Å². The van der Waals surface area contributed by atoms with Crippen molar-refractivity contribution < 1.29 is 19.4 Å². The van der Waals surface area contributed by atoms with Crippen LogP contribution >= 0.6 is 0 Å². The smallest absolute Gasteiger partial charge is 0.224 e. The third kappa shape index (κ3) is 8.64. The first-order chi connectivity index (χ1) is 10.8. The Labute approximate surface area is 132 Å². The Kier molecular flexibility index (Phi) is 10.1. The van der Waals surface area contributed by atoms with Crippen LogP contribution in [-0.4, -0.2) is 37.4 Å². The summed E-state index contributed by atoms with van der Waals surface area (Å²) >= 11 is 0. The number of ether oxygens (including phenoxy) is 2. The number of carbonyl (C=O) groups excluding carboxylic acids is 1. The second kappa shape index (κ2) is 12.0. The number of amides is 1. The molecule has 0 fully saturated rings. The van der Waals surface area contributed by atoms with Gasteiger partial charge in [0.05, 0.1) is 6.61 Å². The van der Waals surface area contributed by atoms with E-state index < -0.39 is 0 Å². The average Bonchev–Trinajstić information content (AvgIpc) is 2.53. The standard InChI is InChI=1S/C17H27NO4/c1-2-3-12-21-13-4-6-17(20)18-15-7-9-16(10-8-15)22-14-5-11-19/h7-10,19H,2-6,11-14H2,1H3,(H,18,20). The summed E-state index contributed by atoms with van der Waals surface area (Å²) in [6.45, 7) is 4.14. The molecule has 0 spiro atoms. The van der Waals surface area contributed by atoms with Crippen LogP contribution in [0.4, 0.5) is 5.69 Å². The van der Waals surface area contributed by atoms with E-state index in [0.717, 1.165) is 37.3 Å². The number of aliphatic hydroxyl groups is 1. The highest BCUT2D eigenvalue weighted by Crippen LogP contribution is 2.16. The van der Waals surface area contributed by atoms with E-state index in [1.807, 2.05) is 12.1 Å². The van der Waals surface area contributed by atoms with Crippen molar-refractivity contribution in [1.29, 1.82) is 0 Å². The van der Waals surface area contributed by atoms with Crippen LogP contribution in [0.2, 0.25) is 0 Å². The van der Waals surface area contributed by atoms with Crippen LogP contribution in [0.5, 0.6) is 5.75 Å². The SMILES string of the molecule is CCCCOCCCC(=O)Nc1ccc(OCCCO)cc1. The zero-order chi connectivity index (χ0) is 16.0. The van der Waals surface area contributed by atoms with Crippen molar-refractivity contribution in [3.63, 3.8) is 0 Å². The zero-order valence-electron chi connectivity index (χ0n) is 13.3. The average molecular weight is 309 g/mol. The molecule has 0 bridgehead atoms. The number of nitrogens with one attached hydrogen (secondary N) is 1. The van der Waals surface area contributed by atoms with E-state index in [1.165, 1.54) is 0 Å². The minimum absolute atomic E-state index is 0.00644. The van der Waals surface area contributed by atoms with Crippen molar-refractivity contribution in [2.24, 2.45) is 0 Å². The lowest BCUT2D eigenvalue weighted by Crippen LogP contribution is -2.12. The molecule has 0 aliphatic rings. The molecule has 124 valence electrons. The third-order valence-corrected chi connectivity index (χ3v) is 3.04. The van der Waals surface area contributed by atoms with Crippen molar-refractivity contribution in [1.82, 2.24) is 0 Å². The predicted octanol–water partition coefficient (Wildman–Crippen LogP) is 2.98. The molecule has 1 aromatic rings. The fraction of sp³-hybridized carbons (Fsp3) is 0.588. The van der Waals surface area contributed by atoms with E-state index in [9.17, 15) is 4.79 Å². The van der Waals surface area contributed by atoms with Gasteiger partial charge < -0.3 is 19.9 Å². The van der Waals surface area contributed by atoms with Crippen molar-refractivity contribution in [2.75, 3.05) is 31.7 Å². The molecule has 0 unspecified atom stereocenters. The number of rotatable bonds is 12. The van der Waals surface area contributed by atoms with Gasteiger partial charge in [-0.1, -0.05) is 13.3 Å². The van der Waals surface area contributed by atoms with E-state index in [4.69, 9.17) is 14.6 Å². The molecule has 22 heavy (non-hydrogen) atoms. The van der Waals surface area contributed by atoms with Crippen molar-refractivity contribution in [3.8, 4) is 5.75 Å². The maximum Gasteiger partial charge on any atom is 0.224 e. The summed E-state index contributed by atoms with van der Waals surface area (Å²) in [5.74, 6) is 0.726. The van der Waals surface area contributed by atoms with Crippen LogP contribution < -0.4 is 10.1 Å². The Morgan fingerprint density at radius 2 is 1.82 bits per heavy atom. The molecule has 0 aromatic heterocycles. The molecule has 0 atom stereocenters. The number of unbranched alkanes of at least 4 members (excludes halogenated alkanes) is 1. The Balaban J connectivity index is 2.18. The topological polar surface area (TPSA) is 67.8 Å². The highest BCUT2D eigenvalue weighted by Gasteiger charge is 2.03. The summed E-state index contributed by atoms with van der Waals surface area (Å²) in [6, 6.07) is 7.23. The first-order valence-corrected chi connectivity index (χ1v) is 7.97. The molecule has 5 heteroatoms. The first kappa shape index (κ1) is 18.5. The number of benzene rings is 1. The minimum atomic E-state index is -0.00644. The van der Waals surface area contributed by atoms with Crippen LogP contribution in [0.3, 0.4) is 0 Å². The van der Waals surface area contributed by atoms with Crippen LogP contribution in [0, 0.1) is 0 Å². The highest BCUT2D eigenvalue weighted by molar-refractivity contribution is 5.90. The van der Waals surface area contributed by atoms with Gasteiger partial charge in [-0.05, 0) is 37.1 Å². The minimum Gasteiger partial charge on any atom is -0.494 e. The fourth-order valence-electron chi connectivity index (χ4n) is 1.80. The van der Waals surface area contributed by atoms with Gasteiger partial charge in [0, 0.05) is 38.3 Å². The van der Waals surface area contributed by atoms with Gasteiger partial charge in [-0.25, -0.2) is 0 Å². The monoisotopic (exact) mass is 309 g/mol. The zero-order valence-corrected chi connectivity index (χ0v) is 13.3. The van der Waals surface area contributed by atoms with Crippen LogP contribution in [0.25, 0.3) is 0 Å². The van der Waals surface area contributed by atoms with Crippen LogP contribution in [0.1, 0.15) is 39.0 Å². The van der Waals surface area contributed by atoms with Gasteiger partial charge in [-0.3, -0.25) is 4.79 Å². The first-order valence-electron chi connectivity index (χ1n) is 7.97. The van der Waals surface area contributed by atoms with E-state index >= 15 is 0 Å². The van der Waals surface area contributed by atoms with E-state index in [1.54, 1.807) is 12.1 Å². The molecule has 1 rings (SSSR count). The lowest BCUT2D eigenvalue weighted by Gasteiger charge is -2.08. The normalized spacial score (nSPS) is 10.5. The molecule has 5 nitrogen and oxygen atoms in total. The van der Waals surface area contributed by atoms with E-state index in [2.05, 4.69) is 12.2 Å². The summed E-state index contributed by atoms with van der Waals surface area (Å²) in [6.07, 6.45) is 4.00. The summed E-state index contributed by atoms with van der Waals surface area (Å²) in [4.78, 5) is 11.8. The second-order valence-electron chi connectivity index (χ2n) is 5.07. The largest absolute Gasteiger partial charge is 0.494 e. The Morgan fingerprint density at radius 3 is 2.50 bits per heavy atom. The molecular weight excluding hydrogens is 282 g/mol. The van der Waals surface area contributed by atoms with E-state index in [0.29, 0.717) is 26.1 Å². The Hall–Kier alpha value is -1.59. The summed E-state index contributed by atoms with van der Waals surface area (Å²) in [5.41, 5.74) is 0.756. The van der Waals surface area contributed by atoms with Gasteiger partial charge in [0.1, 0.15) is 5.75 Å². The molecule has 0 saturated heterocycles. The fourth-order valence-corrected chi connectivity index (χ4v) is 1.80. The molecule has 1 aromatic carbocycles. The van der Waals surface area contributed by atoms with Crippen LogP contribution in [0.15, 0.2) is 24.3 Å². The molecule has 0 saturated carbocycles. The molecule has 0 heterocycles. The number of anilines is 1. The van der Waals surface area contributed by atoms with Gasteiger partial charge in [-0.2, -0.15) is 0 Å².